The summed E-state index contributed by atoms with van der Waals surface area (Å²) in [5, 5.41) is 3.96. The van der Waals surface area contributed by atoms with Crippen molar-refractivity contribution in [2.24, 2.45) is 0 Å². The lowest BCUT2D eigenvalue weighted by molar-refractivity contribution is -0.127. The molecule has 0 spiro atoms. The maximum absolute atomic E-state index is 12.3. The second kappa shape index (κ2) is 8.11. The van der Waals surface area contributed by atoms with Crippen LogP contribution >= 0.6 is 23.2 Å². The van der Waals surface area contributed by atoms with Crippen LogP contribution in [0.2, 0.25) is 10.0 Å². The minimum atomic E-state index is -0.576. The van der Waals surface area contributed by atoms with Crippen molar-refractivity contribution >= 4 is 29.1 Å². The van der Waals surface area contributed by atoms with Gasteiger partial charge in [0.05, 0.1) is 0 Å². The Hall–Kier alpha value is -1.71. The molecule has 132 valence electrons. The topological polar surface area (TPSA) is 38.3 Å². The number of hydrogen-bond donors (Lipinski definition) is 1. The lowest BCUT2D eigenvalue weighted by atomic mass is 9.92. The zero-order chi connectivity index (χ0) is 17.8. The second-order valence-electron chi connectivity index (χ2n) is 6.35. The molecule has 3 nitrogen and oxygen atoms in total. The van der Waals surface area contributed by atoms with Gasteiger partial charge in [0.15, 0.2) is 6.10 Å². The molecule has 1 aliphatic carbocycles. The summed E-state index contributed by atoms with van der Waals surface area (Å²) in [5.41, 5.74) is 3.55. The normalized spacial score (nSPS) is 14.5. The van der Waals surface area contributed by atoms with Gasteiger partial charge in [-0.2, -0.15) is 0 Å². The molecule has 1 atom stereocenters. The van der Waals surface area contributed by atoms with E-state index in [-0.39, 0.29) is 5.91 Å². The SMILES string of the molecule is CC(Oc1ccc2c(c1)CCCC2)C(=O)NCc1ccc(Cl)cc1Cl. The van der Waals surface area contributed by atoms with E-state index in [9.17, 15) is 4.79 Å². The number of amides is 1. The second-order valence-corrected chi connectivity index (χ2v) is 7.19. The van der Waals surface area contributed by atoms with Crippen LogP contribution in [0.4, 0.5) is 0 Å². The lowest BCUT2D eigenvalue weighted by Crippen LogP contribution is -2.36. The van der Waals surface area contributed by atoms with Gasteiger partial charge in [-0.15, -0.1) is 0 Å². The highest BCUT2D eigenvalue weighted by atomic mass is 35.5. The van der Waals surface area contributed by atoms with E-state index in [4.69, 9.17) is 27.9 Å². The molecule has 25 heavy (non-hydrogen) atoms. The number of aryl methyl sites for hydroxylation is 2. The molecule has 1 amide bonds. The number of hydrogen-bond acceptors (Lipinski definition) is 2. The molecular weight excluding hydrogens is 357 g/mol. The minimum absolute atomic E-state index is 0.177. The Morgan fingerprint density at radius 1 is 1.12 bits per heavy atom. The molecule has 0 bridgehead atoms. The molecule has 1 unspecified atom stereocenters. The predicted octanol–water partition coefficient (Wildman–Crippen LogP) is 4.96. The molecule has 0 saturated carbocycles. The first kappa shape index (κ1) is 18.1. The van der Waals surface area contributed by atoms with Crippen LogP contribution in [0.15, 0.2) is 36.4 Å². The summed E-state index contributed by atoms with van der Waals surface area (Å²) in [6, 6.07) is 11.3. The fraction of sp³-hybridized carbons (Fsp3) is 0.350. The first-order valence-corrected chi connectivity index (χ1v) is 9.28. The summed E-state index contributed by atoms with van der Waals surface area (Å²) < 4.78 is 5.81. The summed E-state index contributed by atoms with van der Waals surface area (Å²) in [6.07, 6.45) is 4.11. The summed E-state index contributed by atoms with van der Waals surface area (Å²) in [7, 11) is 0. The van der Waals surface area contributed by atoms with Gasteiger partial charge in [-0.25, -0.2) is 0 Å². The number of ether oxygens (including phenoxy) is 1. The van der Waals surface area contributed by atoms with Gasteiger partial charge in [-0.1, -0.05) is 35.3 Å². The van der Waals surface area contributed by atoms with Crippen molar-refractivity contribution in [3.05, 3.63) is 63.1 Å². The Bertz CT molecular complexity index is 776. The molecule has 0 saturated heterocycles. The van der Waals surface area contributed by atoms with Gasteiger partial charge >= 0.3 is 0 Å². The minimum Gasteiger partial charge on any atom is -0.481 e. The molecule has 0 aromatic heterocycles. The molecule has 0 fully saturated rings. The summed E-state index contributed by atoms with van der Waals surface area (Å²) >= 11 is 12.0. The highest BCUT2D eigenvalue weighted by Gasteiger charge is 2.16. The van der Waals surface area contributed by atoms with Gasteiger partial charge in [-0.3, -0.25) is 4.79 Å². The molecule has 2 aromatic carbocycles. The number of carbonyl (C=O) groups excluding carboxylic acids is 1. The van der Waals surface area contributed by atoms with Crippen molar-refractivity contribution in [2.75, 3.05) is 0 Å². The van der Waals surface area contributed by atoms with Gasteiger partial charge in [0.2, 0.25) is 0 Å². The third-order valence-electron chi connectivity index (χ3n) is 4.47. The molecular formula is C20H21Cl2NO2. The van der Waals surface area contributed by atoms with Crippen molar-refractivity contribution in [3.8, 4) is 5.75 Å². The van der Waals surface area contributed by atoms with Crippen LogP contribution in [-0.4, -0.2) is 12.0 Å². The number of rotatable bonds is 5. The third-order valence-corrected chi connectivity index (χ3v) is 5.06. The maximum Gasteiger partial charge on any atom is 0.261 e. The molecule has 3 rings (SSSR count). The number of carbonyl (C=O) groups is 1. The lowest BCUT2D eigenvalue weighted by Gasteiger charge is -2.19. The van der Waals surface area contributed by atoms with E-state index in [2.05, 4.69) is 17.4 Å². The number of benzene rings is 2. The largest absolute Gasteiger partial charge is 0.481 e. The number of nitrogens with one attached hydrogen (secondary N) is 1. The summed E-state index contributed by atoms with van der Waals surface area (Å²) in [6.45, 7) is 2.09. The van der Waals surface area contributed by atoms with Crippen LogP contribution in [0.5, 0.6) is 5.75 Å². The Kier molecular flexibility index (Phi) is 5.87. The zero-order valence-electron chi connectivity index (χ0n) is 14.1. The third kappa shape index (κ3) is 4.68. The molecule has 1 N–H and O–H groups in total. The van der Waals surface area contributed by atoms with Crippen molar-refractivity contribution in [1.82, 2.24) is 5.32 Å². The standard InChI is InChI=1S/C20H21Cl2NO2/c1-13(20(24)23-12-16-6-8-17(21)11-19(16)22)25-18-9-7-14-4-2-3-5-15(14)10-18/h6-11,13H,2-5,12H2,1H3,(H,23,24). The van der Waals surface area contributed by atoms with Crippen molar-refractivity contribution < 1.29 is 9.53 Å². The Morgan fingerprint density at radius 2 is 1.88 bits per heavy atom. The van der Waals surface area contributed by atoms with Crippen LogP contribution in [0.25, 0.3) is 0 Å². The van der Waals surface area contributed by atoms with E-state index >= 15 is 0 Å². The highest BCUT2D eigenvalue weighted by molar-refractivity contribution is 6.35. The van der Waals surface area contributed by atoms with Gasteiger partial charge < -0.3 is 10.1 Å². The molecule has 0 radical (unpaired) electrons. The quantitative estimate of drug-likeness (QED) is 0.799. The van der Waals surface area contributed by atoms with Crippen molar-refractivity contribution in [3.63, 3.8) is 0 Å². The van der Waals surface area contributed by atoms with Crippen molar-refractivity contribution in [2.45, 2.75) is 45.3 Å². The van der Waals surface area contributed by atoms with Crippen LogP contribution in [0.3, 0.4) is 0 Å². The molecule has 0 aliphatic heterocycles. The molecule has 5 heteroatoms. The zero-order valence-corrected chi connectivity index (χ0v) is 15.7. The van der Waals surface area contributed by atoms with E-state index in [0.717, 1.165) is 24.2 Å². The highest BCUT2D eigenvalue weighted by Crippen LogP contribution is 2.26. The van der Waals surface area contributed by atoms with Gasteiger partial charge in [0.1, 0.15) is 5.75 Å². The number of fused-ring (bicyclic) bond motifs is 1. The van der Waals surface area contributed by atoms with E-state index in [1.54, 1.807) is 25.1 Å². The molecule has 1 aliphatic rings. The maximum atomic E-state index is 12.3. The van der Waals surface area contributed by atoms with Crippen molar-refractivity contribution in [1.29, 1.82) is 0 Å². The Labute approximate surface area is 158 Å². The predicted molar refractivity (Wildman–Crippen MR) is 101 cm³/mol. The van der Waals surface area contributed by atoms with Gasteiger partial charge in [-0.05, 0) is 73.6 Å². The smallest absolute Gasteiger partial charge is 0.261 e. The monoisotopic (exact) mass is 377 g/mol. The van der Waals surface area contributed by atoms with Crippen LogP contribution in [0.1, 0.15) is 36.5 Å². The summed E-state index contributed by atoms with van der Waals surface area (Å²) in [4.78, 5) is 12.3. The van der Waals surface area contributed by atoms with E-state index < -0.39 is 6.10 Å². The Balaban J connectivity index is 1.57. The van der Waals surface area contributed by atoms with Crippen LogP contribution < -0.4 is 10.1 Å². The number of halogens is 2. The van der Waals surface area contributed by atoms with Crippen LogP contribution in [-0.2, 0) is 24.2 Å². The fourth-order valence-electron chi connectivity index (χ4n) is 3.03. The molecule has 0 heterocycles. The Morgan fingerprint density at radius 3 is 2.64 bits per heavy atom. The first-order chi connectivity index (χ1) is 12.0. The average Bonchev–Trinajstić information content (AvgIpc) is 2.60. The van der Waals surface area contributed by atoms with E-state index in [1.165, 1.54) is 24.0 Å². The van der Waals surface area contributed by atoms with E-state index in [1.807, 2.05) is 6.07 Å². The molecule has 2 aromatic rings. The fourth-order valence-corrected chi connectivity index (χ4v) is 3.51. The summed E-state index contributed by atoms with van der Waals surface area (Å²) in [5.74, 6) is 0.566. The average molecular weight is 378 g/mol. The van der Waals surface area contributed by atoms with Gasteiger partial charge in [0.25, 0.3) is 5.91 Å². The van der Waals surface area contributed by atoms with Crippen LogP contribution in [0, 0.1) is 0 Å². The van der Waals surface area contributed by atoms with E-state index in [0.29, 0.717) is 16.6 Å². The first-order valence-electron chi connectivity index (χ1n) is 8.53. The van der Waals surface area contributed by atoms with Gasteiger partial charge in [0, 0.05) is 16.6 Å².